The molecule has 29 heavy (non-hydrogen) atoms. The van der Waals surface area contributed by atoms with Crippen LogP contribution in [0.1, 0.15) is 38.5 Å². The molecule has 3 rings (SSSR count). The van der Waals surface area contributed by atoms with E-state index >= 15 is 0 Å². The van der Waals surface area contributed by atoms with Gasteiger partial charge in [-0.1, -0.05) is 36.4 Å². The Morgan fingerprint density at radius 2 is 2.03 bits per heavy atom. The van der Waals surface area contributed by atoms with Crippen molar-refractivity contribution in [3.05, 3.63) is 54.6 Å². The Labute approximate surface area is 170 Å². The Morgan fingerprint density at radius 3 is 2.83 bits per heavy atom. The number of aliphatic hydroxyl groups excluding tert-OH is 1. The monoisotopic (exact) mass is 406 g/mol. The molecule has 1 aromatic rings. The highest BCUT2D eigenvalue weighted by Gasteiger charge is 2.43. The van der Waals surface area contributed by atoms with E-state index in [9.17, 15) is 18.7 Å². The van der Waals surface area contributed by atoms with E-state index in [4.69, 9.17) is 9.47 Å². The quantitative estimate of drug-likeness (QED) is 0.550. The third-order valence-corrected chi connectivity index (χ3v) is 5.55. The number of allylic oxidation sites excluding steroid dienone is 3. The van der Waals surface area contributed by atoms with Crippen molar-refractivity contribution < 1.29 is 28.2 Å². The minimum absolute atomic E-state index is 0.0675. The summed E-state index contributed by atoms with van der Waals surface area (Å²) in [7, 11) is 0. The van der Waals surface area contributed by atoms with Crippen LogP contribution in [0.3, 0.4) is 0 Å². The summed E-state index contributed by atoms with van der Waals surface area (Å²) in [6, 6.07) is 8.49. The summed E-state index contributed by atoms with van der Waals surface area (Å²) in [6.07, 6.45) is 8.57. The summed E-state index contributed by atoms with van der Waals surface area (Å²) in [6.45, 7) is -0.743. The lowest BCUT2D eigenvalue weighted by atomic mass is 9.87. The van der Waals surface area contributed by atoms with Crippen molar-refractivity contribution in [2.45, 2.75) is 56.7 Å². The van der Waals surface area contributed by atoms with Gasteiger partial charge in [0.1, 0.15) is 11.9 Å². The Hall–Kier alpha value is -2.21. The molecule has 1 saturated carbocycles. The second-order valence-electron chi connectivity index (χ2n) is 7.76. The molecule has 0 bridgehead atoms. The zero-order valence-electron chi connectivity index (χ0n) is 16.4. The number of carbonyl (C=O) groups is 1. The van der Waals surface area contributed by atoms with Crippen LogP contribution in [-0.4, -0.2) is 35.8 Å². The van der Waals surface area contributed by atoms with Crippen LogP contribution in [0.4, 0.5) is 8.78 Å². The first kappa shape index (κ1) is 21.5. The van der Waals surface area contributed by atoms with Crippen molar-refractivity contribution in [1.82, 2.24) is 0 Å². The highest BCUT2D eigenvalue weighted by Crippen LogP contribution is 2.40. The lowest BCUT2D eigenvalue weighted by Crippen LogP contribution is -2.26. The van der Waals surface area contributed by atoms with Crippen LogP contribution in [-0.2, 0) is 9.53 Å². The molecule has 0 aromatic heterocycles. The van der Waals surface area contributed by atoms with E-state index in [2.05, 4.69) is 0 Å². The number of aliphatic hydroxyl groups is 1. The number of benzene rings is 1. The Bertz CT molecular complexity index is 717. The van der Waals surface area contributed by atoms with Gasteiger partial charge in [-0.2, -0.15) is 8.78 Å². The molecule has 0 spiro atoms. The van der Waals surface area contributed by atoms with Crippen LogP contribution in [0, 0.1) is 11.8 Å². The maximum absolute atomic E-state index is 14.1. The number of esters is 1. The van der Waals surface area contributed by atoms with Crippen LogP contribution in [0.2, 0.25) is 0 Å². The van der Waals surface area contributed by atoms with Gasteiger partial charge in [-0.25, -0.2) is 0 Å². The molecule has 1 aliphatic carbocycles. The van der Waals surface area contributed by atoms with E-state index in [-0.39, 0.29) is 23.9 Å². The number of ether oxygens (including phenoxy) is 2. The van der Waals surface area contributed by atoms with Crippen molar-refractivity contribution >= 4 is 5.97 Å². The summed E-state index contributed by atoms with van der Waals surface area (Å²) in [4.78, 5) is 11.9. The average Bonchev–Trinajstić information content (AvgIpc) is 2.98. The molecule has 0 saturated heterocycles. The number of alkyl halides is 2. The molecule has 4 atom stereocenters. The van der Waals surface area contributed by atoms with Crippen LogP contribution in [0.5, 0.6) is 5.75 Å². The number of rotatable bonds is 6. The van der Waals surface area contributed by atoms with Crippen LogP contribution >= 0.6 is 0 Å². The van der Waals surface area contributed by atoms with E-state index in [0.29, 0.717) is 31.4 Å². The third-order valence-electron chi connectivity index (χ3n) is 5.55. The molecular weight excluding hydrogens is 378 g/mol. The lowest BCUT2D eigenvalue weighted by molar-refractivity contribution is -0.151. The predicted octanol–water partition coefficient (Wildman–Crippen LogP) is 4.69. The number of fused-ring (bicyclic) bond motifs is 1. The number of carbonyl (C=O) groups excluding carboxylic acids is 1. The largest absolute Gasteiger partial charge is 0.487 e. The van der Waals surface area contributed by atoms with Crippen LogP contribution in [0.25, 0.3) is 0 Å². The normalized spacial score (nSPS) is 28.2. The Morgan fingerprint density at radius 1 is 1.24 bits per heavy atom. The lowest BCUT2D eigenvalue weighted by Gasteiger charge is -2.24. The van der Waals surface area contributed by atoms with Gasteiger partial charge in [0.15, 0.2) is 6.61 Å². The maximum Gasteiger partial charge on any atom is 0.306 e. The van der Waals surface area contributed by atoms with Gasteiger partial charge in [-0.05, 0) is 49.8 Å². The zero-order valence-corrected chi connectivity index (χ0v) is 16.4. The highest BCUT2D eigenvalue weighted by molar-refractivity contribution is 5.69. The predicted molar refractivity (Wildman–Crippen MR) is 106 cm³/mol. The zero-order chi connectivity index (χ0) is 20.7. The van der Waals surface area contributed by atoms with Gasteiger partial charge in [-0.15, -0.1) is 0 Å². The fraction of sp³-hybridized carbons (Fsp3) is 0.522. The SMILES string of the molecule is O=C1CCCC=CCC2C(CC(O)C2CC=CC(F)(F)COc2ccccc2)O1. The molecule has 1 N–H and O–H groups in total. The molecule has 1 aliphatic heterocycles. The summed E-state index contributed by atoms with van der Waals surface area (Å²) in [5, 5.41) is 10.5. The molecule has 0 amide bonds. The van der Waals surface area contributed by atoms with Gasteiger partial charge in [-0.3, -0.25) is 4.79 Å². The molecule has 0 radical (unpaired) electrons. The van der Waals surface area contributed by atoms with Gasteiger partial charge in [0.05, 0.1) is 6.10 Å². The summed E-state index contributed by atoms with van der Waals surface area (Å²) in [5.41, 5.74) is 0. The summed E-state index contributed by atoms with van der Waals surface area (Å²) in [5.74, 6) is -3.25. The Balaban J connectivity index is 1.58. The van der Waals surface area contributed by atoms with E-state index < -0.39 is 18.6 Å². The first-order valence-corrected chi connectivity index (χ1v) is 10.2. The van der Waals surface area contributed by atoms with Crippen molar-refractivity contribution in [2.24, 2.45) is 11.8 Å². The van der Waals surface area contributed by atoms with Gasteiger partial charge in [0, 0.05) is 18.8 Å². The van der Waals surface area contributed by atoms with E-state index in [1.807, 2.05) is 12.2 Å². The molecule has 1 heterocycles. The van der Waals surface area contributed by atoms with Crippen molar-refractivity contribution in [3.63, 3.8) is 0 Å². The number of hydrogen-bond acceptors (Lipinski definition) is 4. The van der Waals surface area contributed by atoms with Crippen LogP contribution in [0.15, 0.2) is 54.6 Å². The standard InChI is InChI=1S/C23H28F2O4/c24-23(25,16-28-17-9-4-3-5-10-17)14-8-12-18-19-11-6-1-2-7-13-22(27)29-21(19)15-20(18)26/h1,3-6,8-10,14,18-21,26H,2,7,11-13,15-16H2. The van der Waals surface area contributed by atoms with Crippen molar-refractivity contribution in [3.8, 4) is 5.75 Å². The molecular formula is C23H28F2O4. The smallest absolute Gasteiger partial charge is 0.306 e. The third kappa shape index (κ3) is 6.39. The highest BCUT2D eigenvalue weighted by atomic mass is 19.3. The second-order valence-corrected chi connectivity index (χ2v) is 7.76. The fourth-order valence-corrected chi connectivity index (χ4v) is 4.05. The van der Waals surface area contributed by atoms with Crippen molar-refractivity contribution in [2.75, 3.05) is 6.61 Å². The topological polar surface area (TPSA) is 55.8 Å². The minimum atomic E-state index is -3.11. The summed E-state index contributed by atoms with van der Waals surface area (Å²) >= 11 is 0. The second kappa shape index (κ2) is 10.0. The van der Waals surface area contributed by atoms with E-state index in [0.717, 1.165) is 18.9 Å². The van der Waals surface area contributed by atoms with E-state index in [1.165, 1.54) is 6.08 Å². The molecule has 4 nitrogen and oxygen atoms in total. The maximum atomic E-state index is 14.1. The van der Waals surface area contributed by atoms with Gasteiger partial charge < -0.3 is 14.6 Å². The molecule has 6 heteroatoms. The van der Waals surface area contributed by atoms with Crippen LogP contribution < -0.4 is 4.74 Å². The average molecular weight is 406 g/mol. The number of para-hydroxylation sites is 1. The van der Waals surface area contributed by atoms with Gasteiger partial charge in [0.25, 0.3) is 5.92 Å². The Kier molecular flexibility index (Phi) is 7.42. The molecule has 4 unspecified atom stereocenters. The van der Waals surface area contributed by atoms with E-state index in [1.54, 1.807) is 30.3 Å². The minimum Gasteiger partial charge on any atom is -0.487 e. The number of halogens is 2. The molecule has 2 aliphatic rings. The first-order chi connectivity index (χ1) is 13.9. The van der Waals surface area contributed by atoms with Gasteiger partial charge in [0.2, 0.25) is 0 Å². The number of hydrogen-bond donors (Lipinski definition) is 1. The molecule has 1 aromatic carbocycles. The fourth-order valence-electron chi connectivity index (χ4n) is 4.05. The molecule has 1 fully saturated rings. The van der Waals surface area contributed by atoms with Gasteiger partial charge >= 0.3 is 5.97 Å². The first-order valence-electron chi connectivity index (χ1n) is 10.2. The molecule has 158 valence electrons. The van der Waals surface area contributed by atoms with Crippen molar-refractivity contribution in [1.29, 1.82) is 0 Å². The summed E-state index contributed by atoms with van der Waals surface area (Å²) < 4.78 is 39.0.